The van der Waals surface area contributed by atoms with Crippen LogP contribution < -0.4 is 10.1 Å². The molecule has 8 nitrogen and oxygen atoms in total. The second-order valence-electron chi connectivity index (χ2n) is 5.64. The number of nitrogens with zero attached hydrogens (tertiary/aromatic N) is 4. The molecule has 0 radical (unpaired) electrons. The quantitative estimate of drug-likeness (QED) is 0.577. The minimum atomic E-state index is -0.266. The van der Waals surface area contributed by atoms with Gasteiger partial charge in [0.15, 0.2) is 0 Å². The lowest BCUT2D eigenvalue weighted by Gasteiger charge is -2.09. The van der Waals surface area contributed by atoms with Crippen LogP contribution in [0.15, 0.2) is 54.7 Å². The Morgan fingerprint density at radius 2 is 2.00 bits per heavy atom. The predicted octanol–water partition coefficient (Wildman–Crippen LogP) is 2.47. The van der Waals surface area contributed by atoms with E-state index in [0.29, 0.717) is 17.3 Å². The second-order valence-corrected chi connectivity index (χ2v) is 5.64. The maximum absolute atomic E-state index is 12.3. The normalized spacial score (nSPS) is 10.8. The summed E-state index contributed by atoms with van der Waals surface area (Å²) in [5.41, 5.74) is 2.43. The van der Waals surface area contributed by atoms with E-state index in [9.17, 15) is 4.79 Å². The summed E-state index contributed by atoms with van der Waals surface area (Å²) < 4.78 is 5.22. The number of anilines is 1. The van der Waals surface area contributed by atoms with Crippen molar-refractivity contribution in [3.63, 3.8) is 0 Å². The highest BCUT2D eigenvalue weighted by atomic mass is 16.5. The van der Waals surface area contributed by atoms with E-state index in [4.69, 9.17) is 4.74 Å². The van der Waals surface area contributed by atoms with Crippen LogP contribution in [0.25, 0.3) is 22.3 Å². The lowest BCUT2D eigenvalue weighted by molar-refractivity contribution is -0.117. The van der Waals surface area contributed by atoms with Crippen LogP contribution in [-0.2, 0) is 11.3 Å². The number of nitrogens with one attached hydrogen (secondary N) is 2. The average Bonchev–Trinajstić information content (AvgIpc) is 3.28. The van der Waals surface area contributed by atoms with Gasteiger partial charge in [0, 0.05) is 22.7 Å². The van der Waals surface area contributed by atoms with E-state index in [0.717, 1.165) is 16.5 Å². The molecule has 4 rings (SSSR count). The molecule has 130 valence electrons. The van der Waals surface area contributed by atoms with Gasteiger partial charge < -0.3 is 15.0 Å². The number of H-pyrrole nitrogens is 1. The number of carbonyl (C=O) groups is 1. The van der Waals surface area contributed by atoms with Crippen molar-refractivity contribution in [1.29, 1.82) is 0 Å². The van der Waals surface area contributed by atoms with Crippen LogP contribution in [0.5, 0.6) is 5.75 Å². The molecule has 0 fully saturated rings. The highest BCUT2D eigenvalue weighted by Gasteiger charge is 2.13. The van der Waals surface area contributed by atoms with Gasteiger partial charge in [-0.3, -0.25) is 4.79 Å². The van der Waals surface area contributed by atoms with Crippen molar-refractivity contribution < 1.29 is 9.53 Å². The number of methoxy groups -OCH3 is 1. The maximum atomic E-state index is 12.3. The molecule has 0 aliphatic carbocycles. The van der Waals surface area contributed by atoms with Crippen LogP contribution in [-0.4, -0.2) is 38.2 Å². The number of rotatable bonds is 5. The number of ether oxygens (including phenoxy) is 1. The second kappa shape index (κ2) is 6.67. The minimum Gasteiger partial charge on any atom is -0.495 e. The third kappa shape index (κ3) is 3.00. The number of amides is 1. The fourth-order valence-electron chi connectivity index (χ4n) is 2.74. The molecule has 0 aliphatic heterocycles. The first kappa shape index (κ1) is 15.8. The van der Waals surface area contributed by atoms with Crippen molar-refractivity contribution in [3.8, 4) is 17.1 Å². The summed E-state index contributed by atoms with van der Waals surface area (Å²) in [6.07, 6.45) is 1.83. The van der Waals surface area contributed by atoms with Crippen molar-refractivity contribution in [2.45, 2.75) is 6.54 Å². The Kier molecular flexibility index (Phi) is 4.06. The zero-order chi connectivity index (χ0) is 17.9. The molecule has 0 saturated carbocycles. The van der Waals surface area contributed by atoms with E-state index in [-0.39, 0.29) is 12.5 Å². The Morgan fingerprint density at radius 3 is 2.88 bits per heavy atom. The van der Waals surface area contributed by atoms with Gasteiger partial charge in [-0.1, -0.05) is 30.3 Å². The topological polar surface area (TPSA) is 97.7 Å². The summed E-state index contributed by atoms with van der Waals surface area (Å²) in [4.78, 5) is 16.7. The van der Waals surface area contributed by atoms with Gasteiger partial charge in [0.25, 0.3) is 0 Å². The zero-order valence-electron chi connectivity index (χ0n) is 14.0. The van der Waals surface area contributed by atoms with Crippen LogP contribution >= 0.6 is 0 Å². The van der Waals surface area contributed by atoms with E-state index < -0.39 is 0 Å². The van der Waals surface area contributed by atoms with E-state index in [1.807, 2.05) is 42.6 Å². The molecule has 1 amide bonds. The number of carbonyl (C=O) groups excluding carboxylic acids is 1. The van der Waals surface area contributed by atoms with Gasteiger partial charge in [-0.15, -0.1) is 10.2 Å². The molecule has 0 unspecified atom stereocenters. The van der Waals surface area contributed by atoms with Gasteiger partial charge in [0.1, 0.15) is 12.3 Å². The number of aromatic amines is 1. The largest absolute Gasteiger partial charge is 0.495 e. The number of tetrazole rings is 1. The highest BCUT2D eigenvalue weighted by molar-refractivity contribution is 5.94. The Labute approximate surface area is 148 Å². The van der Waals surface area contributed by atoms with Gasteiger partial charge in [0.05, 0.1) is 12.8 Å². The number of aromatic nitrogens is 5. The van der Waals surface area contributed by atoms with E-state index in [1.54, 1.807) is 19.2 Å². The third-order valence-electron chi connectivity index (χ3n) is 3.95. The predicted molar refractivity (Wildman–Crippen MR) is 96.7 cm³/mol. The molecular formula is C18H16N6O2. The first-order chi connectivity index (χ1) is 12.7. The van der Waals surface area contributed by atoms with E-state index >= 15 is 0 Å². The van der Waals surface area contributed by atoms with Gasteiger partial charge in [-0.2, -0.15) is 4.80 Å². The summed E-state index contributed by atoms with van der Waals surface area (Å²) in [6, 6.07) is 15.1. The molecular weight excluding hydrogens is 332 g/mol. The fraction of sp³-hybridized carbons (Fsp3) is 0.111. The number of fused-ring (bicyclic) bond motifs is 1. The zero-order valence-corrected chi connectivity index (χ0v) is 14.0. The molecule has 0 saturated heterocycles. The van der Waals surface area contributed by atoms with Crippen molar-refractivity contribution in [2.75, 3.05) is 12.4 Å². The summed E-state index contributed by atoms with van der Waals surface area (Å²) in [6.45, 7) is -0.0482. The molecule has 26 heavy (non-hydrogen) atoms. The Balaban J connectivity index is 1.51. The van der Waals surface area contributed by atoms with Crippen LogP contribution in [0.3, 0.4) is 0 Å². The van der Waals surface area contributed by atoms with Crippen LogP contribution in [0.4, 0.5) is 5.69 Å². The molecule has 0 spiro atoms. The number of benzene rings is 2. The minimum absolute atomic E-state index is 0.0482. The Bertz CT molecular complexity index is 1070. The van der Waals surface area contributed by atoms with Gasteiger partial charge in [0.2, 0.25) is 11.7 Å². The van der Waals surface area contributed by atoms with Crippen molar-refractivity contribution in [1.82, 2.24) is 25.2 Å². The van der Waals surface area contributed by atoms with Crippen molar-refractivity contribution in [2.24, 2.45) is 0 Å². The first-order valence-corrected chi connectivity index (χ1v) is 8.02. The Hall–Kier alpha value is -3.68. The molecule has 0 atom stereocenters. The molecule has 8 heteroatoms. The smallest absolute Gasteiger partial charge is 0.248 e. The van der Waals surface area contributed by atoms with Crippen LogP contribution in [0.2, 0.25) is 0 Å². The molecule has 2 aromatic carbocycles. The fourth-order valence-corrected chi connectivity index (χ4v) is 2.74. The van der Waals surface area contributed by atoms with Crippen LogP contribution in [0, 0.1) is 0 Å². The molecule has 4 aromatic rings. The SMILES string of the molecule is COc1ccccc1NC(=O)Cn1nnc(-c2c[nH]c3ccccc23)n1. The molecule has 2 aromatic heterocycles. The molecule has 0 bridgehead atoms. The summed E-state index contributed by atoms with van der Waals surface area (Å²) in [5, 5.41) is 16.1. The molecule has 2 heterocycles. The average molecular weight is 348 g/mol. The third-order valence-corrected chi connectivity index (χ3v) is 3.95. The van der Waals surface area contributed by atoms with Crippen LogP contribution in [0.1, 0.15) is 0 Å². The van der Waals surface area contributed by atoms with E-state index in [1.165, 1.54) is 4.80 Å². The number of hydrogen-bond donors (Lipinski definition) is 2. The monoisotopic (exact) mass is 348 g/mol. The van der Waals surface area contributed by atoms with Gasteiger partial charge in [-0.25, -0.2) is 0 Å². The van der Waals surface area contributed by atoms with Gasteiger partial charge in [-0.05, 0) is 23.4 Å². The van der Waals surface area contributed by atoms with Gasteiger partial charge >= 0.3 is 0 Å². The Morgan fingerprint density at radius 1 is 1.19 bits per heavy atom. The number of hydrogen-bond acceptors (Lipinski definition) is 5. The molecule has 2 N–H and O–H groups in total. The maximum Gasteiger partial charge on any atom is 0.248 e. The molecule has 0 aliphatic rings. The summed E-state index contributed by atoms with van der Waals surface area (Å²) in [7, 11) is 1.55. The van der Waals surface area contributed by atoms with E-state index in [2.05, 4.69) is 25.7 Å². The summed E-state index contributed by atoms with van der Waals surface area (Å²) >= 11 is 0. The lowest BCUT2D eigenvalue weighted by atomic mass is 10.2. The van der Waals surface area contributed by atoms with Crippen molar-refractivity contribution >= 4 is 22.5 Å². The highest BCUT2D eigenvalue weighted by Crippen LogP contribution is 2.25. The lowest BCUT2D eigenvalue weighted by Crippen LogP contribution is -2.20. The van der Waals surface area contributed by atoms with Crippen molar-refractivity contribution in [3.05, 3.63) is 54.7 Å². The summed E-state index contributed by atoms with van der Waals surface area (Å²) in [5.74, 6) is 0.789. The standard InChI is InChI=1S/C18H16N6O2/c1-26-16-9-5-4-8-15(16)20-17(25)11-24-22-18(21-23-24)13-10-19-14-7-3-2-6-12(13)14/h2-10,19H,11H2,1H3,(H,20,25). The first-order valence-electron chi connectivity index (χ1n) is 8.02. The number of para-hydroxylation sites is 3.